The SMILES string of the molecule is CC1CC(NC(C)(C)C(F)F)CN1C. The second kappa shape index (κ2) is 4.11. The Morgan fingerprint density at radius 3 is 2.36 bits per heavy atom. The van der Waals surface area contributed by atoms with Crippen LogP contribution in [0.5, 0.6) is 0 Å². The standard InChI is InChI=1S/C10H20F2N2/c1-7-5-8(6-14(7)4)13-10(2,3)9(11)12/h7-9,13H,5-6H2,1-4H3. The molecule has 2 atom stereocenters. The lowest BCUT2D eigenvalue weighted by molar-refractivity contribution is 0.0445. The predicted octanol–water partition coefficient (Wildman–Crippen LogP) is 1.71. The van der Waals surface area contributed by atoms with Crippen LogP contribution in [-0.4, -0.2) is 42.5 Å². The molecule has 1 aliphatic heterocycles. The predicted molar refractivity (Wildman–Crippen MR) is 53.7 cm³/mol. The lowest BCUT2D eigenvalue weighted by Gasteiger charge is -2.29. The molecular formula is C10H20F2N2. The molecule has 0 spiro atoms. The number of halogens is 2. The van der Waals surface area contributed by atoms with Gasteiger partial charge in [-0.3, -0.25) is 0 Å². The van der Waals surface area contributed by atoms with E-state index in [0.717, 1.165) is 13.0 Å². The zero-order valence-corrected chi connectivity index (χ0v) is 9.35. The molecule has 0 amide bonds. The minimum atomic E-state index is -2.32. The minimum Gasteiger partial charge on any atom is -0.303 e. The molecule has 0 aliphatic carbocycles. The summed E-state index contributed by atoms with van der Waals surface area (Å²) >= 11 is 0. The summed E-state index contributed by atoms with van der Waals surface area (Å²) in [6.45, 7) is 6.09. The molecule has 2 nitrogen and oxygen atoms in total. The van der Waals surface area contributed by atoms with Gasteiger partial charge in [0.25, 0.3) is 6.43 Å². The third-order valence-corrected chi connectivity index (χ3v) is 3.01. The molecule has 1 heterocycles. The van der Waals surface area contributed by atoms with Crippen molar-refractivity contribution in [3.8, 4) is 0 Å². The molecule has 1 rings (SSSR count). The van der Waals surface area contributed by atoms with Gasteiger partial charge in [-0.25, -0.2) is 8.78 Å². The van der Waals surface area contributed by atoms with Crippen LogP contribution in [0.25, 0.3) is 0 Å². The number of likely N-dealkylation sites (tertiary alicyclic amines) is 1. The smallest absolute Gasteiger partial charge is 0.255 e. The zero-order chi connectivity index (χ0) is 10.9. The van der Waals surface area contributed by atoms with E-state index in [2.05, 4.69) is 17.1 Å². The Morgan fingerprint density at radius 2 is 2.00 bits per heavy atom. The maximum Gasteiger partial charge on any atom is 0.255 e. The monoisotopic (exact) mass is 206 g/mol. The Morgan fingerprint density at radius 1 is 1.43 bits per heavy atom. The van der Waals surface area contributed by atoms with E-state index in [-0.39, 0.29) is 6.04 Å². The van der Waals surface area contributed by atoms with Crippen molar-refractivity contribution in [2.24, 2.45) is 0 Å². The second-order valence-electron chi connectivity index (χ2n) is 4.89. The third kappa shape index (κ3) is 2.64. The molecule has 4 heteroatoms. The summed E-state index contributed by atoms with van der Waals surface area (Å²) in [4.78, 5) is 2.19. The summed E-state index contributed by atoms with van der Waals surface area (Å²) in [5.41, 5.74) is -1.07. The van der Waals surface area contributed by atoms with E-state index in [1.54, 1.807) is 13.8 Å². The second-order valence-corrected chi connectivity index (χ2v) is 4.89. The van der Waals surface area contributed by atoms with Crippen molar-refractivity contribution in [1.82, 2.24) is 10.2 Å². The first-order valence-corrected chi connectivity index (χ1v) is 5.09. The highest BCUT2D eigenvalue weighted by molar-refractivity contribution is 4.91. The van der Waals surface area contributed by atoms with Gasteiger partial charge in [-0.2, -0.15) is 0 Å². The number of alkyl halides is 2. The van der Waals surface area contributed by atoms with E-state index >= 15 is 0 Å². The van der Waals surface area contributed by atoms with E-state index < -0.39 is 12.0 Å². The first kappa shape index (κ1) is 11.9. The Labute approximate surface area is 84.7 Å². The van der Waals surface area contributed by atoms with Gasteiger partial charge < -0.3 is 10.2 Å². The average Bonchev–Trinajstić information content (AvgIpc) is 2.29. The van der Waals surface area contributed by atoms with Gasteiger partial charge in [0.15, 0.2) is 0 Å². The van der Waals surface area contributed by atoms with Crippen LogP contribution in [0.4, 0.5) is 8.78 Å². The lowest BCUT2D eigenvalue weighted by atomic mass is 10.0. The van der Waals surface area contributed by atoms with Crippen molar-refractivity contribution in [3.63, 3.8) is 0 Å². The molecule has 1 fully saturated rings. The van der Waals surface area contributed by atoms with Crippen LogP contribution in [0.1, 0.15) is 27.2 Å². The Bertz CT molecular complexity index is 185. The zero-order valence-electron chi connectivity index (χ0n) is 9.35. The fourth-order valence-electron chi connectivity index (χ4n) is 1.89. The van der Waals surface area contributed by atoms with Crippen LogP contribution in [0.2, 0.25) is 0 Å². The van der Waals surface area contributed by atoms with Gasteiger partial charge in [-0.1, -0.05) is 0 Å². The highest BCUT2D eigenvalue weighted by Gasteiger charge is 2.35. The van der Waals surface area contributed by atoms with E-state index in [1.807, 2.05) is 7.05 Å². The molecule has 1 aliphatic rings. The van der Waals surface area contributed by atoms with Crippen molar-refractivity contribution >= 4 is 0 Å². The Hall–Kier alpha value is -0.220. The number of rotatable bonds is 3. The van der Waals surface area contributed by atoms with Crippen molar-refractivity contribution < 1.29 is 8.78 Å². The van der Waals surface area contributed by atoms with Crippen LogP contribution in [0.15, 0.2) is 0 Å². The maximum atomic E-state index is 12.6. The fraction of sp³-hybridized carbons (Fsp3) is 1.00. The molecule has 0 radical (unpaired) electrons. The fourth-order valence-corrected chi connectivity index (χ4v) is 1.89. The first-order valence-electron chi connectivity index (χ1n) is 5.09. The summed E-state index contributed by atoms with van der Waals surface area (Å²) in [5, 5.41) is 3.02. The number of likely N-dealkylation sites (N-methyl/N-ethyl adjacent to an activating group) is 1. The number of nitrogens with one attached hydrogen (secondary N) is 1. The van der Waals surface area contributed by atoms with Crippen LogP contribution < -0.4 is 5.32 Å². The van der Waals surface area contributed by atoms with Gasteiger partial charge in [0.05, 0.1) is 5.54 Å². The van der Waals surface area contributed by atoms with Gasteiger partial charge in [0.2, 0.25) is 0 Å². The molecule has 0 aromatic rings. The molecule has 2 unspecified atom stereocenters. The average molecular weight is 206 g/mol. The van der Waals surface area contributed by atoms with Crippen LogP contribution in [0.3, 0.4) is 0 Å². The van der Waals surface area contributed by atoms with Gasteiger partial charge >= 0.3 is 0 Å². The Balaban J connectivity index is 2.46. The van der Waals surface area contributed by atoms with Gasteiger partial charge in [0.1, 0.15) is 0 Å². The van der Waals surface area contributed by atoms with Crippen molar-refractivity contribution in [1.29, 1.82) is 0 Å². The van der Waals surface area contributed by atoms with E-state index in [4.69, 9.17) is 0 Å². The van der Waals surface area contributed by atoms with E-state index in [9.17, 15) is 8.78 Å². The number of hydrogen-bond donors (Lipinski definition) is 1. The van der Waals surface area contributed by atoms with E-state index in [1.165, 1.54) is 0 Å². The summed E-state index contributed by atoms with van der Waals surface area (Å²) in [5.74, 6) is 0. The normalized spacial score (nSPS) is 30.2. The topological polar surface area (TPSA) is 15.3 Å². The third-order valence-electron chi connectivity index (χ3n) is 3.01. The summed E-state index contributed by atoms with van der Waals surface area (Å²) in [7, 11) is 2.03. The molecule has 14 heavy (non-hydrogen) atoms. The molecule has 1 saturated heterocycles. The highest BCUT2D eigenvalue weighted by atomic mass is 19.3. The number of hydrogen-bond acceptors (Lipinski definition) is 2. The molecule has 84 valence electrons. The molecule has 1 N–H and O–H groups in total. The minimum absolute atomic E-state index is 0.194. The highest BCUT2D eigenvalue weighted by Crippen LogP contribution is 2.21. The van der Waals surface area contributed by atoms with Gasteiger partial charge in [-0.05, 0) is 34.2 Å². The van der Waals surface area contributed by atoms with Crippen molar-refractivity contribution in [2.75, 3.05) is 13.6 Å². The van der Waals surface area contributed by atoms with Gasteiger partial charge in [0, 0.05) is 18.6 Å². The molecule has 0 aromatic carbocycles. The Kier molecular flexibility index (Phi) is 3.48. The maximum absolute atomic E-state index is 12.6. The summed E-state index contributed by atoms with van der Waals surface area (Å²) in [6.07, 6.45) is -1.36. The van der Waals surface area contributed by atoms with Crippen LogP contribution >= 0.6 is 0 Å². The summed E-state index contributed by atoms with van der Waals surface area (Å²) < 4.78 is 25.2. The lowest BCUT2D eigenvalue weighted by Crippen LogP contribution is -2.51. The van der Waals surface area contributed by atoms with Crippen molar-refractivity contribution in [3.05, 3.63) is 0 Å². The first-order chi connectivity index (χ1) is 6.33. The van der Waals surface area contributed by atoms with Crippen molar-refractivity contribution in [2.45, 2.75) is 51.2 Å². The largest absolute Gasteiger partial charge is 0.303 e. The van der Waals surface area contributed by atoms with E-state index in [0.29, 0.717) is 6.04 Å². The number of nitrogens with zero attached hydrogens (tertiary/aromatic N) is 1. The van der Waals surface area contributed by atoms with Crippen LogP contribution in [0, 0.1) is 0 Å². The quantitative estimate of drug-likeness (QED) is 0.756. The summed E-state index contributed by atoms with van der Waals surface area (Å²) in [6, 6.07) is 0.681. The van der Waals surface area contributed by atoms with Gasteiger partial charge in [-0.15, -0.1) is 0 Å². The molecule has 0 aromatic heterocycles. The van der Waals surface area contributed by atoms with Crippen LogP contribution in [-0.2, 0) is 0 Å². The molecular weight excluding hydrogens is 186 g/mol. The molecule has 0 saturated carbocycles. The molecule has 0 bridgehead atoms.